The molecule has 1 unspecified atom stereocenters. The standard InChI is InChI=1S/C15H17F2NO2/c1-9-6-12(14(17)8-13(9)16)15(20)18-5-3-4-11(18)7-10(2)19/h6,8,11H,3-5,7H2,1-2H3. The quantitative estimate of drug-likeness (QED) is 0.854. The molecule has 1 heterocycles. The van der Waals surface area contributed by atoms with Crippen molar-refractivity contribution in [3.8, 4) is 0 Å². The van der Waals surface area contributed by atoms with Gasteiger partial charge in [-0.15, -0.1) is 0 Å². The zero-order chi connectivity index (χ0) is 14.9. The number of hydrogen-bond donors (Lipinski definition) is 0. The Bertz CT molecular complexity index is 557. The Morgan fingerprint density at radius 3 is 2.65 bits per heavy atom. The van der Waals surface area contributed by atoms with Crippen molar-refractivity contribution in [3.63, 3.8) is 0 Å². The van der Waals surface area contributed by atoms with E-state index < -0.39 is 17.5 Å². The average molecular weight is 281 g/mol. The van der Waals surface area contributed by atoms with Crippen LogP contribution in [0.15, 0.2) is 12.1 Å². The largest absolute Gasteiger partial charge is 0.335 e. The number of benzene rings is 1. The van der Waals surface area contributed by atoms with E-state index in [1.807, 2.05) is 0 Å². The fourth-order valence-electron chi connectivity index (χ4n) is 2.62. The van der Waals surface area contributed by atoms with Gasteiger partial charge in [-0.1, -0.05) is 0 Å². The summed E-state index contributed by atoms with van der Waals surface area (Å²) in [5, 5.41) is 0. The first-order valence-corrected chi connectivity index (χ1v) is 6.66. The molecule has 5 heteroatoms. The van der Waals surface area contributed by atoms with Gasteiger partial charge in [0.1, 0.15) is 17.4 Å². The van der Waals surface area contributed by atoms with Gasteiger partial charge in [0.25, 0.3) is 5.91 Å². The van der Waals surface area contributed by atoms with Crippen LogP contribution in [0.3, 0.4) is 0 Å². The summed E-state index contributed by atoms with van der Waals surface area (Å²) in [4.78, 5) is 25.1. The molecule has 1 atom stereocenters. The number of amides is 1. The molecule has 0 saturated carbocycles. The number of nitrogens with zero attached hydrogens (tertiary/aromatic N) is 1. The van der Waals surface area contributed by atoms with Crippen LogP contribution in [-0.4, -0.2) is 29.2 Å². The number of halogens is 2. The van der Waals surface area contributed by atoms with Gasteiger partial charge in [0.05, 0.1) is 5.56 Å². The van der Waals surface area contributed by atoms with E-state index in [4.69, 9.17) is 0 Å². The van der Waals surface area contributed by atoms with Crippen molar-refractivity contribution in [1.82, 2.24) is 4.90 Å². The highest BCUT2D eigenvalue weighted by Gasteiger charge is 2.31. The van der Waals surface area contributed by atoms with Crippen LogP contribution in [0, 0.1) is 18.6 Å². The van der Waals surface area contributed by atoms with E-state index in [2.05, 4.69) is 0 Å². The molecule has 0 radical (unpaired) electrons. The van der Waals surface area contributed by atoms with Crippen LogP contribution in [-0.2, 0) is 4.79 Å². The third-order valence-corrected chi connectivity index (χ3v) is 3.64. The van der Waals surface area contributed by atoms with Crippen molar-refractivity contribution in [2.24, 2.45) is 0 Å². The molecule has 1 amide bonds. The van der Waals surface area contributed by atoms with Crippen LogP contribution in [0.25, 0.3) is 0 Å². The summed E-state index contributed by atoms with van der Waals surface area (Å²) in [6.45, 7) is 3.47. The molecule has 3 nitrogen and oxygen atoms in total. The van der Waals surface area contributed by atoms with Crippen molar-refractivity contribution in [2.45, 2.75) is 39.2 Å². The Morgan fingerprint density at radius 1 is 1.30 bits per heavy atom. The van der Waals surface area contributed by atoms with Gasteiger partial charge < -0.3 is 4.90 Å². The maximum atomic E-state index is 13.8. The SMILES string of the molecule is CC(=O)CC1CCCN1C(=O)c1cc(C)c(F)cc1F. The highest BCUT2D eigenvalue weighted by Crippen LogP contribution is 2.24. The molecule has 0 aromatic heterocycles. The summed E-state index contributed by atoms with van der Waals surface area (Å²) in [6, 6.07) is 1.79. The predicted molar refractivity (Wildman–Crippen MR) is 70.5 cm³/mol. The fraction of sp³-hybridized carbons (Fsp3) is 0.467. The molecule has 1 fully saturated rings. The van der Waals surface area contributed by atoms with E-state index in [0.29, 0.717) is 6.54 Å². The molecule has 1 saturated heterocycles. The van der Waals surface area contributed by atoms with Crippen LogP contribution in [0.1, 0.15) is 42.1 Å². The maximum absolute atomic E-state index is 13.8. The van der Waals surface area contributed by atoms with Gasteiger partial charge in [-0.25, -0.2) is 8.78 Å². The lowest BCUT2D eigenvalue weighted by Gasteiger charge is -2.24. The van der Waals surface area contributed by atoms with E-state index in [1.165, 1.54) is 24.8 Å². The number of Topliss-reactive ketones (excluding diaryl/α,β-unsaturated/α-hetero) is 1. The molecule has 0 spiro atoms. The summed E-state index contributed by atoms with van der Waals surface area (Å²) >= 11 is 0. The van der Waals surface area contributed by atoms with Gasteiger partial charge in [0.2, 0.25) is 0 Å². The molecule has 2 rings (SSSR count). The topological polar surface area (TPSA) is 37.4 Å². The third-order valence-electron chi connectivity index (χ3n) is 3.64. The van der Waals surface area contributed by atoms with Crippen molar-refractivity contribution >= 4 is 11.7 Å². The number of ketones is 1. The summed E-state index contributed by atoms with van der Waals surface area (Å²) in [6.07, 6.45) is 1.83. The van der Waals surface area contributed by atoms with Crippen molar-refractivity contribution < 1.29 is 18.4 Å². The first kappa shape index (κ1) is 14.6. The van der Waals surface area contributed by atoms with E-state index in [9.17, 15) is 18.4 Å². The number of likely N-dealkylation sites (tertiary alicyclic amines) is 1. The van der Waals surface area contributed by atoms with Crippen LogP contribution in [0.5, 0.6) is 0 Å². The summed E-state index contributed by atoms with van der Waals surface area (Å²) < 4.78 is 27.0. The molecular weight excluding hydrogens is 264 g/mol. The molecule has 20 heavy (non-hydrogen) atoms. The van der Waals surface area contributed by atoms with Gasteiger partial charge in [0.15, 0.2) is 0 Å². The van der Waals surface area contributed by atoms with Gasteiger partial charge in [-0.05, 0) is 38.3 Å². The summed E-state index contributed by atoms with van der Waals surface area (Å²) in [5.41, 5.74) is 0.108. The molecule has 1 aliphatic rings. The smallest absolute Gasteiger partial charge is 0.257 e. The van der Waals surface area contributed by atoms with Crippen LogP contribution >= 0.6 is 0 Å². The first-order valence-electron chi connectivity index (χ1n) is 6.66. The van der Waals surface area contributed by atoms with Gasteiger partial charge in [-0.2, -0.15) is 0 Å². The highest BCUT2D eigenvalue weighted by atomic mass is 19.1. The van der Waals surface area contributed by atoms with Crippen molar-refractivity contribution in [2.75, 3.05) is 6.54 Å². The van der Waals surface area contributed by atoms with Crippen molar-refractivity contribution in [3.05, 3.63) is 34.9 Å². The Hall–Kier alpha value is -1.78. The molecular formula is C15H17F2NO2. The minimum absolute atomic E-state index is 0.00505. The molecule has 1 aromatic rings. The Morgan fingerprint density at radius 2 is 2.00 bits per heavy atom. The minimum Gasteiger partial charge on any atom is -0.335 e. The number of carbonyl (C=O) groups is 2. The van der Waals surface area contributed by atoms with Crippen LogP contribution < -0.4 is 0 Å². The first-order chi connectivity index (χ1) is 9.40. The lowest BCUT2D eigenvalue weighted by Crippen LogP contribution is -2.37. The Balaban J connectivity index is 2.26. The second-order valence-electron chi connectivity index (χ2n) is 5.28. The molecule has 0 bridgehead atoms. The number of hydrogen-bond acceptors (Lipinski definition) is 2. The second-order valence-corrected chi connectivity index (χ2v) is 5.28. The number of aryl methyl sites for hydroxylation is 1. The highest BCUT2D eigenvalue weighted by molar-refractivity contribution is 5.95. The van der Waals surface area contributed by atoms with Crippen LogP contribution in [0.4, 0.5) is 8.78 Å². The Kier molecular flexibility index (Phi) is 4.16. The number of carbonyl (C=O) groups excluding carboxylic acids is 2. The normalized spacial score (nSPS) is 18.4. The molecule has 0 N–H and O–H groups in total. The molecule has 0 aliphatic carbocycles. The summed E-state index contributed by atoms with van der Waals surface area (Å²) in [7, 11) is 0. The van der Waals surface area contributed by atoms with E-state index in [-0.39, 0.29) is 29.4 Å². The van der Waals surface area contributed by atoms with Gasteiger partial charge in [0, 0.05) is 25.1 Å². The minimum atomic E-state index is -0.855. The lowest BCUT2D eigenvalue weighted by atomic mass is 10.1. The average Bonchev–Trinajstić information content (AvgIpc) is 2.80. The Labute approximate surface area is 116 Å². The monoisotopic (exact) mass is 281 g/mol. The molecule has 1 aromatic carbocycles. The zero-order valence-corrected chi connectivity index (χ0v) is 11.6. The predicted octanol–water partition coefficient (Wildman–Crippen LogP) is 2.86. The lowest BCUT2D eigenvalue weighted by molar-refractivity contribution is -0.117. The third kappa shape index (κ3) is 2.86. The van der Waals surface area contributed by atoms with Gasteiger partial charge in [-0.3, -0.25) is 9.59 Å². The van der Waals surface area contributed by atoms with E-state index in [0.717, 1.165) is 18.9 Å². The molecule has 108 valence electrons. The fourth-order valence-corrected chi connectivity index (χ4v) is 2.62. The number of rotatable bonds is 3. The van der Waals surface area contributed by atoms with E-state index in [1.54, 1.807) is 0 Å². The molecule has 1 aliphatic heterocycles. The summed E-state index contributed by atoms with van der Waals surface area (Å²) in [5.74, 6) is -1.98. The zero-order valence-electron chi connectivity index (χ0n) is 11.6. The van der Waals surface area contributed by atoms with Crippen LogP contribution in [0.2, 0.25) is 0 Å². The van der Waals surface area contributed by atoms with Gasteiger partial charge >= 0.3 is 0 Å². The van der Waals surface area contributed by atoms with Crippen molar-refractivity contribution in [1.29, 1.82) is 0 Å². The maximum Gasteiger partial charge on any atom is 0.257 e. The van der Waals surface area contributed by atoms with E-state index >= 15 is 0 Å². The second kappa shape index (κ2) is 5.69.